The van der Waals surface area contributed by atoms with Crippen LogP contribution in [0.5, 0.6) is 0 Å². The normalized spacial score (nSPS) is 12.0. The quantitative estimate of drug-likeness (QED) is 0.556. The van der Waals surface area contributed by atoms with Crippen LogP contribution in [0.15, 0.2) is 17.3 Å². The van der Waals surface area contributed by atoms with Gasteiger partial charge < -0.3 is 0 Å². The van der Waals surface area contributed by atoms with Gasteiger partial charge in [0, 0.05) is 6.20 Å². The van der Waals surface area contributed by atoms with E-state index in [1.165, 1.54) is 17.1 Å². The maximum absolute atomic E-state index is 12.5. The zero-order valence-electron chi connectivity index (χ0n) is 5.30. The predicted octanol–water partition coefficient (Wildman–Crippen LogP) is 2.67. The van der Waals surface area contributed by atoms with Crippen molar-refractivity contribution in [2.45, 2.75) is 8.81 Å². The zero-order valence-corrected chi connectivity index (χ0v) is 7.63. The molecule has 0 N–H and O–H groups in total. The van der Waals surface area contributed by atoms with Gasteiger partial charge in [-0.3, -0.25) is 4.68 Å². The first-order chi connectivity index (χ1) is 4.97. The lowest BCUT2D eigenvalue weighted by molar-refractivity contribution is 0.516. The van der Waals surface area contributed by atoms with Crippen LogP contribution < -0.4 is 0 Å². The van der Waals surface area contributed by atoms with Crippen molar-refractivity contribution in [3.63, 3.8) is 0 Å². The molecule has 1 heterocycles. The fourth-order valence-electron chi connectivity index (χ4n) is 0.531. The Morgan fingerprint density at radius 3 is 2.73 bits per heavy atom. The van der Waals surface area contributed by atoms with E-state index >= 15 is 0 Å². The van der Waals surface area contributed by atoms with Gasteiger partial charge in [-0.25, -0.2) is 0 Å². The van der Waals surface area contributed by atoms with Gasteiger partial charge in [0.05, 0.1) is 18.1 Å². The first-order valence-electron chi connectivity index (χ1n) is 2.59. The molecule has 0 fully saturated rings. The Hall–Kier alpha value is 0.0700. The van der Waals surface area contributed by atoms with Gasteiger partial charge >= 0.3 is 3.92 Å². The van der Waals surface area contributed by atoms with E-state index in [0.29, 0.717) is 16.7 Å². The summed E-state index contributed by atoms with van der Waals surface area (Å²) in [6.07, 6.45) is 2.94. The topological polar surface area (TPSA) is 17.8 Å². The Bertz CT molecular complexity index is 245. The molecular weight excluding hydrogens is 210 g/mol. The number of thioether (sulfide) groups is 1. The molecule has 1 aromatic heterocycles. The van der Waals surface area contributed by atoms with Crippen molar-refractivity contribution >= 4 is 35.0 Å². The van der Waals surface area contributed by atoms with Crippen LogP contribution in [-0.4, -0.2) is 13.7 Å². The first-order valence-corrected chi connectivity index (χ1v) is 4.16. The Morgan fingerprint density at radius 2 is 2.36 bits per heavy atom. The molecule has 6 heteroatoms. The first kappa shape index (κ1) is 9.16. The molecule has 0 amide bonds. The molecule has 0 bridgehead atoms. The van der Waals surface area contributed by atoms with Gasteiger partial charge in [0.1, 0.15) is 0 Å². The van der Waals surface area contributed by atoms with Crippen molar-refractivity contribution in [3.05, 3.63) is 19.4 Å². The van der Waals surface area contributed by atoms with Crippen LogP contribution in [0.4, 0.5) is 4.39 Å². The lowest BCUT2D eigenvalue weighted by Crippen LogP contribution is -1.93. The van der Waals surface area contributed by atoms with E-state index in [4.69, 9.17) is 23.2 Å². The molecule has 1 radical (unpaired) electrons. The second-order valence-corrected chi connectivity index (χ2v) is 4.68. The van der Waals surface area contributed by atoms with Gasteiger partial charge in [-0.2, -0.15) is 9.49 Å². The lowest BCUT2D eigenvalue weighted by Gasteiger charge is -2.04. The summed E-state index contributed by atoms with van der Waals surface area (Å²) >= 11 is 10.8. The Balaban J connectivity index is 2.65. The molecule has 0 saturated heterocycles. The van der Waals surface area contributed by atoms with E-state index in [-0.39, 0.29) is 0 Å². The second kappa shape index (κ2) is 3.21. The van der Waals surface area contributed by atoms with E-state index in [0.717, 1.165) is 0 Å². The maximum Gasteiger partial charge on any atom is 0.309 e. The van der Waals surface area contributed by atoms with Crippen molar-refractivity contribution in [2.75, 3.05) is 0 Å². The number of rotatable bonds is 2. The van der Waals surface area contributed by atoms with Crippen molar-refractivity contribution in [1.29, 1.82) is 0 Å². The molecule has 0 unspecified atom stereocenters. The van der Waals surface area contributed by atoms with Gasteiger partial charge in [0.25, 0.3) is 0 Å². The van der Waals surface area contributed by atoms with Crippen LogP contribution in [0.25, 0.3) is 0 Å². The van der Waals surface area contributed by atoms with Crippen LogP contribution >= 0.6 is 35.0 Å². The van der Waals surface area contributed by atoms with Crippen molar-refractivity contribution in [1.82, 2.24) is 9.78 Å². The fourth-order valence-corrected chi connectivity index (χ4v) is 1.61. The Kier molecular flexibility index (Phi) is 2.67. The number of halogens is 3. The van der Waals surface area contributed by atoms with Crippen molar-refractivity contribution in [3.8, 4) is 0 Å². The number of nitrogens with zero attached hydrogens (tertiary/aromatic N) is 2. The number of hydrogen-bond donors (Lipinski definition) is 0. The highest BCUT2D eigenvalue weighted by Crippen LogP contribution is 2.40. The molecule has 1 rings (SSSR count). The minimum absolute atomic E-state index is 0.535. The summed E-state index contributed by atoms with van der Waals surface area (Å²) in [6.45, 7) is 0. The standard InChI is InChI=1S/C5H4Cl2FN2S/c1-10-3-4(2-9-10)11-5(6,7)8/h2-3H,1H2. The summed E-state index contributed by atoms with van der Waals surface area (Å²) in [4.78, 5) is 0.535. The zero-order chi connectivity index (χ0) is 8.48. The highest BCUT2D eigenvalue weighted by Gasteiger charge is 2.24. The van der Waals surface area contributed by atoms with Gasteiger partial charge in [0.2, 0.25) is 0 Å². The molecule has 0 aliphatic heterocycles. The van der Waals surface area contributed by atoms with Crippen molar-refractivity contribution in [2.24, 2.45) is 0 Å². The van der Waals surface area contributed by atoms with Crippen LogP contribution in [0.3, 0.4) is 0 Å². The molecule has 0 atom stereocenters. The summed E-state index contributed by atoms with van der Waals surface area (Å²) in [7, 11) is 3.45. The highest BCUT2D eigenvalue weighted by molar-refractivity contribution is 8.03. The van der Waals surface area contributed by atoms with Gasteiger partial charge in [-0.15, -0.1) is 0 Å². The predicted molar refractivity (Wildman–Crippen MR) is 44.4 cm³/mol. The third-order valence-corrected chi connectivity index (χ3v) is 1.98. The summed E-state index contributed by atoms with van der Waals surface area (Å²) in [5, 5.41) is 3.70. The average molecular weight is 214 g/mol. The molecule has 0 spiro atoms. The van der Waals surface area contributed by atoms with Crippen LogP contribution in [0, 0.1) is 7.05 Å². The van der Waals surface area contributed by atoms with Crippen LogP contribution in [0.1, 0.15) is 0 Å². The van der Waals surface area contributed by atoms with E-state index in [1.807, 2.05) is 0 Å². The van der Waals surface area contributed by atoms with E-state index in [9.17, 15) is 4.39 Å². The minimum Gasteiger partial charge on any atom is -0.270 e. The minimum atomic E-state index is -2.30. The molecule has 11 heavy (non-hydrogen) atoms. The number of hydrogen-bond acceptors (Lipinski definition) is 2. The third kappa shape index (κ3) is 3.31. The van der Waals surface area contributed by atoms with Gasteiger partial charge in [0.15, 0.2) is 0 Å². The second-order valence-electron chi connectivity index (χ2n) is 1.76. The smallest absolute Gasteiger partial charge is 0.270 e. The van der Waals surface area contributed by atoms with Crippen molar-refractivity contribution < 1.29 is 4.39 Å². The fraction of sp³-hybridized carbons (Fsp3) is 0.200. The average Bonchev–Trinajstić information content (AvgIpc) is 2.10. The molecule has 2 nitrogen and oxygen atoms in total. The number of alkyl halides is 3. The third-order valence-electron chi connectivity index (χ3n) is 0.843. The lowest BCUT2D eigenvalue weighted by atomic mass is 10.7. The maximum atomic E-state index is 12.5. The molecule has 0 aliphatic carbocycles. The largest absolute Gasteiger partial charge is 0.309 e. The molecule has 0 saturated carbocycles. The summed E-state index contributed by atoms with van der Waals surface area (Å²) in [5.74, 6) is 0. The summed E-state index contributed by atoms with van der Waals surface area (Å²) in [6, 6.07) is 0. The molecular formula is C5H4Cl2FN2S. The monoisotopic (exact) mass is 213 g/mol. The van der Waals surface area contributed by atoms with Gasteiger partial charge in [-0.1, -0.05) is 23.2 Å². The number of aromatic nitrogens is 2. The van der Waals surface area contributed by atoms with E-state index < -0.39 is 3.92 Å². The van der Waals surface area contributed by atoms with Crippen LogP contribution in [-0.2, 0) is 0 Å². The molecule has 61 valence electrons. The Morgan fingerprint density at radius 1 is 1.73 bits per heavy atom. The summed E-state index contributed by atoms with van der Waals surface area (Å²) in [5.41, 5.74) is 0. The Labute approximate surface area is 77.7 Å². The molecule has 0 aromatic carbocycles. The van der Waals surface area contributed by atoms with Crippen LogP contribution in [0.2, 0.25) is 0 Å². The highest BCUT2D eigenvalue weighted by atomic mass is 35.5. The van der Waals surface area contributed by atoms with E-state index in [2.05, 4.69) is 12.1 Å². The summed E-state index contributed by atoms with van der Waals surface area (Å²) < 4.78 is 11.5. The van der Waals surface area contributed by atoms with Gasteiger partial charge in [-0.05, 0) is 11.8 Å². The molecule has 0 aliphatic rings. The molecule has 1 aromatic rings. The SMILES string of the molecule is [CH2]n1cc(SC(F)(Cl)Cl)cn1. The van der Waals surface area contributed by atoms with E-state index in [1.54, 1.807) is 0 Å².